The number of unbranched alkanes of at least 4 members (excludes halogenated alkanes) is 1. The summed E-state index contributed by atoms with van der Waals surface area (Å²) >= 11 is 1.39. The zero-order chi connectivity index (χ0) is 22.1. The van der Waals surface area contributed by atoms with Gasteiger partial charge in [-0.05, 0) is 81.1 Å². The number of carbonyl (C=O) groups excluding carboxylic acids is 2. The third kappa shape index (κ3) is 4.21. The monoisotopic (exact) mass is 454 g/mol. The predicted molar refractivity (Wildman–Crippen MR) is 123 cm³/mol. The fourth-order valence-electron chi connectivity index (χ4n) is 4.93. The zero-order valence-electron chi connectivity index (χ0n) is 18.0. The number of Topliss-reactive ketones (excluding diaryl/α,β-unsaturated/α-hetero) is 1. The van der Waals surface area contributed by atoms with E-state index in [9.17, 15) is 14.0 Å². The maximum absolute atomic E-state index is 13.5. The first-order chi connectivity index (χ1) is 15.6. The highest BCUT2D eigenvalue weighted by atomic mass is 32.1. The summed E-state index contributed by atoms with van der Waals surface area (Å²) in [7, 11) is 0. The molecule has 0 radical (unpaired) electrons. The number of aryl methyl sites for hydroxylation is 1. The van der Waals surface area contributed by atoms with E-state index in [0.29, 0.717) is 30.1 Å². The largest absolute Gasteiger partial charge is 0.352 e. The number of hydrogen-bond donors (Lipinski definition) is 1. The fraction of sp³-hybridized carbons (Fsp3) is 0.458. The Balaban J connectivity index is 1.11. The highest BCUT2D eigenvalue weighted by Gasteiger charge is 2.26. The van der Waals surface area contributed by atoms with Crippen molar-refractivity contribution in [3.05, 3.63) is 53.2 Å². The van der Waals surface area contributed by atoms with Crippen LogP contribution in [0, 0.1) is 5.82 Å². The van der Waals surface area contributed by atoms with Gasteiger partial charge in [-0.3, -0.25) is 9.59 Å². The number of likely N-dealkylation sites (tertiary alicyclic amines) is 1. The Morgan fingerprint density at radius 2 is 1.94 bits per heavy atom. The molecule has 0 unspecified atom stereocenters. The first kappa shape index (κ1) is 21.3. The van der Waals surface area contributed by atoms with E-state index in [1.54, 1.807) is 12.1 Å². The maximum Gasteiger partial charge on any atom is 0.253 e. The summed E-state index contributed by atoms with van der Waals surface area (Å²) in [5, 5.41) is 3.88. The van der Waals surface area contributed by atoms with Crippen LogP contribution in [0.25, 0.3) is 10.1 Å². The lowest BCUT2D eigenvalue weighted by Gasteiger charge is -2.31. The van der Waals surface area contributed by atoms with Crippen molar-refractivity contribution in [1.29, 1.82) is 0 Å². The predicted octanol–water partition coefficient (Wildman–Crippen LogP) is 4.21. The second-order valence-corrected chi connectivity index (χ2v) is 9.54. The van der Waals surface area contributed by atoms with Crippen LogP contribution in [-0.4, -0.2) is 51.7 Å². The van der Waals surface area contributed by atoms with E-state index in [4.69, 9.17) is 0 Å². The lowest BCUT2D eigenvalue weighted by atomic mass is 9.91. The highest BCUT2D eigenvalue weighted by Crippen LogP contribution is 2.34. The molecule has 2 aromatic heterocycles. The molecule has 0 atom stereocenters. The van der Waals surface area contributed by atoms with Gasteiger partial charge in [0.15, 0.2) is 5.78 Å². The van der Waals surface area contributed by atoms with Gasteiger partial charge in [0.2, 0.25) is 0 Å². The lowest BCUT2D eigenvalue weighted by molar-refractivity contribution is 0.0956. The van der Waals surface area contributed by atoms with Crippen molar-refractivity contribution >= 4 is 33.3 Å². The Labute approximate surface area is 190 Å². The number of halogens is 1. The van der Waals surface area contributed by atoms with E-state index in [1.165, 1.54) is 17.6 Å². The third-order valence-corrected chi connectivity index (χ3v) is 7.49. The number of carbonyl (C=O) groups is 2. The summed E-state index contributed by atoms with van der Waals surface area (Å²) in [4.78, 5) is 27.0. The minimum atomic E-state index is -0.203. The molecule has 32 heavy (non-hydrogen) atoms. The van der Waals surface area contributed by atoms with Crippen molar-refractivity contribution in [2.75, 3.05) is 26.2 Å². The lowest BCUT2D eigenvalue weighted by Crippen LogP contribution is -2.33. The average Bonchev–Trinajstić information content (AvgIpc) is 3.37. The second kappa shape index (κ2) is 9.11. The van der Waals surface area contributed by atoms with Gasteiger partial charge in [-0.25, -0.2) is 4.39 Å². The molecule has 168 valence electrons. The van der Waals surface area contributed by atoms with Gasteiger partial charge in [0.25, 0.3) is 5.91 Å². The molecular formula is C24H27FN4O2S. The van der Waals surface area contributed by atoms with Crippen LogP contribution in [0.5, 0.6) is 0 Å². The minimum Gasteiger partial charge on any atom is -0.352 e. The number of benzene rings is 1. The molecular weight excluding hydrogens is 427 g/mol. The van der Waals surface area contributed by atoms with Gasteiger partial charge >= 0.3 is 0 Å². The van der Waals surface area contributed by atoms with Crippen LogP contribution in [0.2, 0.25) is 0 Å². The second-order valence-electron chi connectivity index (χ2n) is 8.73. The molecule has 1 aromatic carbocycles. The Morgan fingerprint density at radius 3 is 2.78 bits per heavy atom. The van der Waals surface area contributed by atoms with E-state index in [1.807, 2.05) is 16.8 Å². The molecule has 3 aromatic rings. The van der Waals surface area contributed by atoms with Gasteiger partial charge in [0.1, 0.15) is 5.82 Å². The Bertz CT molecular complexity index is 1150. The first-order valence-electron chi connectivity index (χ1n) is 11.4. The number of ketones is 1. The number of rotatable bonds is 6. The summed E-state index contributed by atoms with van der Waals surface area (Å²) in [5.74, 6) is 0.136. The average molecular weight is 455 g/mol. The van der Waals surface area contributed by atoms with E-state index >= 15 is 0 Å². The highest BCUT2D eigenvalue weighted by molar-refractivity contribution is 7.13. The minimum absolute atomic E-state index is 0.0442. The number of amides is 1. The van der Waals surface area contributed by atoms with Gasteiger partial charge in [-0.2, -0.15) is 4.37 Å². The zero-order valence-corrected chi connectivity index (χ0v) is 18.8. The van der Waals surface area contributed by atoms with E-state index in [0.717, 1.165) is 67.6 Å². The molecule has 5 rings (SSSR count). The number of nitrogens with zero attached hydrogens (tertiary/aromatic N) is 3. The Kier molecular flexibility index (Phi) is 6.06. The van der Waals surface area contributed by atoms with Gasteiger partial charge in [-0.15, -0.1) is 0 Å². The van der Waals surface area contributed by atoms with Crippen molar-refractivity contribution in [1.82, 2.24) is 19.2 Å². The SMILES string of the molecule is O=C1NCCC(=O)c2c1ccn2CCCCN1CCC(c2nsc3cc(F)ccc23)CC1. The summed E-state index contributed by atoms with van der Waals surface area (Å²) in [6.45, 7) is 4.29. The number of aromatic nitrogens is 2. The topological polar surface area (TPSA) is 67.2 Å². The molecule has 0 bridgehead atoms. The van der Waals surface area contributed by atoms with Crippen LogP contribution in [0.1, 0.15) is 64.6 Å². The molecule has 1 saturated heterocycles. The van der Waals surface area contributed by atoms with Crippen molar-refractivity contribution in [2.45, 2.75) is 44.6 Å². The number of piperidine rings is 1. The molecule has 0 spiro atoms. The van der Waals surface area contributed by atoms with Gasteiger partial charge in [0, 0.05) is 37.0 Å². The molecule has 8 heteroatoms. The number of fused-ring (bicyclic) bond motifs is 2. The van der Waals surface area contributed by atoms with Gasteiger partial charge < -0.3 is 14.8 Å². The number of nitrogens with one attached hydrogen (secondary N) is 1. The van der Waals surface area contributed by atoms with Crippen molar-refractivity contribution in [2.24, 2.45) is 0 Å². The van der Waals surface area contributed by atoms with Crippen LogP contribution < -0.4 is 5.32 Å². The summed E-state index contributed by atoms with van der Waals surface area (Å²) in [5.41, 5.74) is 2.20. The quantitative estimate of drug-likeness (QED) is 0.567. The molecule has 1 N–H and O–H groups in total. The fourth-order valence-corrected chi connectivity index (χ4v) is 5.81. The normalized spacial score (nSPS) is 18.0. The summed E-state index contributed by atoms with van der Waals surface area (Å²) < 4.78 is 21.0. The van der Waals surface area contributed by atoms with Crippen molar-refractivity contribution in [3.63, 3.8) is 0 Å². The van der Waals surface area contributed by atoms with E-state index in [2.05, 4.69) is 14.6 Å². The van der Waals surface area contributed by atoms with Crippen LogP contribution in [-0.2, 0) is 6.54 Å². The van der Waals surface area contributed by atoms with Crippen molar-refractivity contribution in [3.8, 4) is 0 Å². The summed E-state index contributed by atoms with van der Waals surface area (Å²) in [6, 6.07) is 6.73. The third-order valence-electron chi connectivity index (χ3n) is 6.67. The van der Waals surface area contributed by atoms with Gasteiger partial charge in [0.05, 0.1) is 21.7 Å². The Hall–Kier alpha value is -2.58. The molecule has 0 saturated carbocycles. The molecule has 6 nitrogen and oxygen atoms in total. The molecule has 0 aliphatic carbocycles. The van der Waals surface area contributed by atoms with E-state index < -0.39 is 0 Å². The Morgan fingerprint density at radius 1 is 1.12 bits per heavy atom. The molecule has 4 heterocycles. The van der Waals surface area contributed by atoms with Crippen LogP contribution >= 0.6 is 11.5 Å². The summed E-state index contributed by atoms with van der Waals surface area (Å²) in [6.07, 6.45) is 6.40. The smallest absolute Gasteiger partial charge is 0.253 e. The standard InChI is InChI=1S/C24H27FN4O2S/c25-17-3-4-18-21(15-17)32-27-22(18)16-6-12-28(13-7-16)10-1-2-11-29-14-8-19-23(29)20(30)5-9-26-24(19)31/h3-4,8,14-16H,1-2,5-7,9-13H2,(H,26,31). The maximum atomic E-state index is 13.5. The first-order valence-corrected chi connectivity index (χ1v) is 12.1. The van der Waals surface area contributed by atoms with Crippen LogP contribution in [0.3, 0.4) is 0 Å². The van der Waals surface area contributed by atoms with Gasteiger partial charge in [-0.1, -0.05) is 0 Å². The van der Waals surface area contributed by atoms with Crippen molar-refractivity contribution < 1.29 is 14.0 Å². The van der Waals surface area contributed by atoms with E-state index in [-0.39, 0.29) is 17.5 Å². The van der Waals surface area contributed by atoms with Crippen LogP contribution in [0.4, 0.5) is 4.39 Å². The number of hydrogen-bond acceptors (Lipinski definition) is 5. The molecule has 1 fully saturated rings. The van der Waals surface area contributed by atoms with Crippen LogP contribution in [0.15, 0.2) is 30.5 Å². The molecule has 1 amide bonds. The molecule has 2 aliphatic heterocycles. The molecule has 2 aliphatic rings.